The van der Waals surface area contributed by atoms with Crippen LogP contribution in [0.2, 0.25) is 0 Å². The van der Waals surface area contributed by atoms with E-state index in [1.807, 2.05) is 42.7 Å². The van der Waals surface area contributed by atoms with Gasteiger partial charge in [-0.2, -0.15) is 0 Å². The molecule has 3 rings (SSSR count). The molecule has 0 aliphatic heterocycles. The summed E-state index contributed by atoms with van der Waals surface area (Å²) in [6.07, 6.45) is 0. The van der Waals surface area contributed by atoms with Gasteiger partial charge in [0.15, 0.2) is 11.6 Å². The molecule has 0 aliphatic rings. The predicted molar refractivity (Wildman–Crippen MR) is 74.2 cm³/mol. The third-order valence-electron chi connectivity index (χ3n) is 3.44. The van der Waals surface area contributed by atoms with Crippen molar-refractivity contribution in [2.45, 2.75) is 19.9 Å². The number of nitrogens with two attached hydrogens (primary N) is 1. The van der Waals surface area contributed by atoms with Crippen molar-refractivity contribution in [1.82, 2.24) is 4.57 Å². The molecule has 0 saturated carbocycles. The molecule has 0 atom stereocenters. The lowest BCUT2D eigenvalue weighted by atomic mass is 10.1. The van der Waals surface area contributed by atoms with Crippen LogP contribution in [0.5, 0.6) is 0 Å². The first-order valence-corrected chi connectivity index (χ1v) is 6.18. The number of hydrogen-bond acceptors (Lipinski definition) is 1. The molecule has 0 aliphatic carbocycles. The summed E-state index contributed by atoms with van der Waals surface area (Å²) in [6, 6.07) is 8.88. The van der Waals surface area contributed by atoms with Gasteiger partial charge >= 0.3 is 0 Å². The van der Waals surface area contributed by atoms with Crippen molar-refractivity contribution in [3.63, 3.8) is 0 Å². The van der Waals surface area contributed by atoms with Gasteiger partial charge in [-0.15, -0.1) is 0 Å². The van der Waals surface area contributed by atoms with Crippen LogP contribution < -0.4 is 5.73 Å². The van der Waals surface area contributed by atoms with Gasteiger partial charge in [0.1, 0.15) is 5.69 Å². The Morgan fingerprint density at radius 1 is 1.11 bits per heavy atom. The van der Waals surface area contributed by atoms with E-state index in [-0.39, 0.29) is 6.04 Å². The van der Waals surface area contributed by atoms with E-state index in [1.165, 1.54) is 6.07 Å². The summed E-state index contributed by atoms with van der Waals surface area (Å²) in [5.74, 6) is -1.39. The minimum Gasteiger partial charge on any atom is -0.394 e. The molecule has 1 heterocycles. The Morgan fingerprint density at radius 2 is 1.79 bits per heavy atom. The second-order valence-electron chi connectivity index (χ2n) is 4.96. The quantitative estimate of drug-likeness (QED) is 0.652. The average molecular weight is 260 g/mol. The first kappa shape index (κ1) is 12.0. The molecule has 0 saturated heterocycles. The number of para-hydroxylation sites is 1. The zero-order chi connectivity index (χ0) is 13.7. The van der Waals surface area contributed by atoms with Crippen LogP contribution in [-0.2, 0) is 0 Å². The third kappa shape index (κ3) is 1.52. The standard InChI is InChI=1S/C15H14F2N2/c1-8(2)19-11-6-4-3-5-9(11)13-12(19)7-10(16)15(18)14(13)17/h3-8H,18H2,1-2H3. The van der Waals surface area contributed by atoms with Crippen LogP contribution in [0.4, 0.5) is 14.5 Å². The lowest BCUT2D eigenvalue weighted by Gasteiger charge is -2.11. The molecule has 0 radical (unpaired) electrons. The molecule has 3 aromatic rings. The maximum absolute atomic E-state index is 14.3. The summed E-state index contributed by atoms with van der Waals surface area (Å²) < 4.78 is 29.9. The summed E-state index contributed by atoms with van der Waals surface area (Å²) in [5.41, 5.74) is 6.48. The monoisotopic (exact) mass is 260 g/mol. The second kappa shape index (κ2) is 3.95. The van der Waals surface area contributed by atoms with Gasteiger partial charge in [-0.3, -0.25) is 0 Å². The summed E-state index contributed by atoms with van der Waals surface area (Å²) in [7, 11) is 0. The molecule has 2 nitrogen and oxygen atoms in total. The first-order chi connectivity index (χ1) is 9.02. The highest BCUT2D eigenvalue weighted by molar-refractivity contribution is 6.09. The molecular formula is C15H14F2N2. The highest BCUT2D eigenvalue weighted by Crippen LogP contribution is 2.36. The second-order valence-corrected chi connectivity index (χ2v) is 4.96. The van der Waals surface area contributed by atoms with Gasteiger partial charge in [0.05, 0.1) is 5.52 Å². The van der Waals surface area contributed by atoms with Crippen molar-refractivity contribution in [3.05, 3.63) is 42.0 Å². The third-order valence-corrected chi connectivity index (χ3v) is 3.44. The minimum atomic E-state index is -0.713. The fourth-order valence-corrected chi connectivity index (χ4v) is 2.65. The van der Waals surface area contributed by atoms with Crippen LogP contribution in [-0.4, -0.2) is 4.57 Å². The van der Waals surface area contributed by atoms with E-state index in [0.717, 1.165) is 10.9 Å². The molecule has 2 N–H and O–H groups in total. The first-order valence-electron chi connectivity index (χ1n) is 6.18. The van der Waals surface area contributed by atoms with E-state index in [4.69, 9.17) is 5.73 Å². The fraction of sp³-hybridized carbons (Fsp3) is 0.200. The summed E-state index contributed by atoms with van der Waals surface area (Å²) in [4.78, 5) is 0. The number of nitrogens with zero attached hydrogens (tertiary/aromatic N) is 1. The molecule has 2 aromatic carbocycles. The number of rotatable bonds is 1. The Morgan fingerprint density at radius 3 is 2.47 bits per heavy atom. The van der Waals surface area contributed by atoms with Crippen LogP contribution in [0.15, 0.2) is 30.3 Å². The van der Waals surface area contributed by atoms with Gasteiger partial charge in [-0.25, -0.2) is 8.78 Å². The Kier molecular flexibility index (Phi) is 2.49. The highest BCUT2D eigenvalue weighted by atomic mass is 19.1. The van der Waals surface area contributed by atoms with Crippen molar-refractivity contribution in [3.8, 4) is 0 Å². The van der Waals surface area contributed by atoms with Crippen molar-refractivity contribution < 1.29 is 8.78 Å². The van der Waals surface area contributed by atoms with Gasteiger partial charge in [0.25, 0.3) is 0 Å². The van der Waals surface area contributed by atoms with Crippen LogP contribution in [0.1, 0.15) is 19.9 Å². The lowest BCUT2D eigenvalue weighted by molar-refractivity contribution is 0.595. The molecular weight excluding hydrogens is 246 g/mol. The molecule has 0 amide bonds. The van der Waals surface area contributed by atoms with Gasteiger partial charge < -0.3 is 10.3 Å². The maximum atomic E-state index is 14.3. The average Bonchev–Trinajstić information content (AvgIpc) is 2.70. The van der Waals surface area contributed by atoms with E-state index in [0.29, 0.717) is 10.9 Å². The van der Waals surface area contributed by atoms with Gasteiger partial charge in [0.2, 0.25) is 0 Å². The van der Waals surface area contributed by atoms with E-state index in [1.54, 1.807) is 0 Å². The van der Waals surface area contributed by atoms with Crippen molar-refractivity contribution in [2.75, 3.05) is 5.73 Å². The lowest BCUT2D eigenvalue weighted by Crippen LogP contribution is -2.02. The van der Waals surface area contributed by atoms with E-state index < -0.39 is 17.3 Å². The smallest absolute Gasteiger partial charge is 0.159 e. The number of benzene rings is 2. The molecule has 0 spiro atoms. The van der Waals surface area contributed by atoms with Crippen molar-refractivity contribution in [2.24, 2.45) is 0 Å². The van der Waals surface area contributed by atoms with Crippen LogP contribution in [0, 0.1) is 11.6 Å². The summed E-state index contributed by atoms with van der Waals surface area (Å²) >= 11 is 0. The van der Waals surface area contributed by atoms with Crippen LogP contribution in [0.3, 0.4) is 0 Å². The van der Waals surface area contributed by atoms with E-state index in [2.05, 4.69) is 0 Å². The number of fused-ring (bicyclic) bond motifs is 3. The van der Waals surface area contributed by atoms with Crippen molar-refractivity contribution in [1.29, 1.82) is 0 Å². The number of anilines is 1. The number of nitrogen functional groups attached to an aromatic ring is 1. The molecule has 19 heavy (non-hydrogen) atoms. The molecule has 4 heteroatoms. The summed E-state index contributed by atoms with van der Waals surface area (Å²) in [5, 5.41) is 1.15. The SMILES string of the molecule is CC(C)n1c2ccccc2c2c(F)c(N)c(F)cc21. The summed E-state index contributed by atoms with van der Waals surface area (Å²) in [6.45, 7) is 3.97. The van der Waals surface area contributed by atoms with Crippen LogP contribution >= 0.6 is 0 Å². The Bertz CT molecular complexity index is 788. The number of hydrogen-bond donors (Lipinski definition) is 1. The van der Waals surface area contributed by atoms with Gasteiger partial charge in [-0.1, -0.05) is 18.2 Å². The van der Waals surface area contributed by atoms with Crippen LogP contribution in [0.25, 0.3) is 21.8 Å². The molecule has 0 fully saturated rings. The highest BCUT2D eigenvalue weighted by Gasteiger charge is 2.19. The van der Waals surface area contributed by atoms with Gasteiger partial charge in [0, 0.05) is 28.4 Å². The largest absolute Gasteiger partial charge is 0.394 e. The zero-order valence-corrected chi connectivity index (χ0v) is 10.7. The molecule has 1 aromatic heterocycles. The molecule has 0 bridgehead atoms. The molecule has 98 valence electrons. The van der Waals surface area contributed by atoms with E-state index >= 15 is 0 Å². The Hall–Kier alpha value is -2.10. The van der Waals surface area contributed by atoms with Gasteiger partial charge in [-0.05, 0) is 19.9 Å². The van der Waals surface area contributed by atoms with Crippen molar-refractivity contribution >= 4 is 27.5 Å². The fourth-order valence-electron chi connectivity index (χ4n) is 2.65. The minimum absolute atomic E-state index is 0.102. The van der Waals surface area contributed by atoms with E-state index in [9.17, 15) is 8.78 Å². The predicted octanol–water partition coefficient (Wildman–Crippen LogP) is 4.24. The number of halogens is 2. The topological polar surface area (TPSA) is 30.9 Å². The Labute approximate surface area is 109 Å². The Balaban J connectivity index is 2.64. The maximum Gasteiger partial charge on any atom is 0.159 e. The normalized spacial score (nSPS) is 11.8. The molecule has 0 unspecified atom stereocenters. The zero-order valence-electron chi connectivity index (χ0n) is 10.7. The number of aromatic nitrogens is 1.